The number of aromatic nitrogens is 4. The molecule has 0 aliphatic rings. The van der Waals surface area contributed by atoms with E-state index in [4.69, 9.17) is 4.52 Å². The Labute approximate surface area is 157 Å². The van der Waals surface area contributed by atoms with Gasteiger partial charge in [0.05, 0.1) is 6.20 Å². The zero-order chi connectivity index (χ0) is 18.3. The molecule has 26 heavy (non-hydrogen) atoms. The number of pyridine rings is 1. The fourth-order valence-corrected chi connectivity index (χ4v) is 2.96. The third-order valence-electron chi connectivity index (χ3n) is 3.97. The normalized spacial score (nSPS) is 11.0. The van der Waals surface area contributed by atoms with Crippen molar-refractivity contribution in [3.05, 3.63) is 64.3 Å². The number of carbonyl (C=O) groups excluding carboxylic acids is 1. The van der Waals surface area contributed by atoms with Crippen molar-refractivity contribution in [3.63, 3.8) is 0 Å². The van der Waals surface area contributed by atoms with Crippen LogP contribution in [0.5, 0.6) is 0 Å². The van der Waals surface area contributed by atoms with E-state index in [0.29, 0.717) is 28.7 Å². The number of imidazole rings is 1. The highest BCUT2D eigenvalue weighted by molar-refractivity contribution is 9.10. The van der Waals surface area contributed by atoms with E-state index < -0.39 is 0 Å². The van der Waals surface area contributed by atoms with Crippen LogP contribution in [0.25, 0.3) is 17.0 Å². The second kappa shape index (κ2) is 6.38. The largest absolute Gasteiger partial charge is 0.339 e. The lowest BCUT2D eigenvalue weighted by atomic mass is 10.1. The summed E-state index contributed by atoms with van der Waals surface area (Å²) >= 11 is 3.41. The number of aryl methyl sites for hydroxylation is 2. The second-order valence-electron chi connectivity index (χ2n) is 5.84. The first-order valence-corrected chi connectivity index (χ1v) is 8.66. The Morgan fingerprint density at radius 3 is 2.85 bits per heavy atom. The minimum atomic E-state index is -0.250. The average Bonchev–Trinajstić information content (AvgIpc) is 3.22. The molecule has 130 valence electrons. The van der Waals surface area contributed by atoms with Gasteiger partial charge < -0.3 is 9.84 Å². The fraction of sp³-hybridized carbons (Fsp3) is 0.111. The van der Waals surface area contributed by atoms with Gasteiger partial charge in [-0.25, -0.2) is 4.98 Å². The predicted molar refractivity (Wildman–Crippen MR) is 100 cm³/mol. The molecule has 0 fully saturated rings. The summed E-state index contributed by atoms with van der Waals surface area (Å²) in [6.45, 7) is 3.65. The molecule has 0 aliphatic heterocycles. The molecule has 0 unspecified atom stereocenters. The van der Waals surface area contributed by atoms with Crippen molar-refractivity contribution in [2.24, 2.45) is 0 Å². The Balaban J connectivity index is 1.67. The van der Waals surface area contributed by atoms with Gasteiger partial charge in [-0.1, -0.05) is 17.3 Å². The first-order chi connectivity index (χ1) is 12.5. The molecule has 4 rings (SSSR count). The lowest BCUT2D eigenvalue weighted by molar-refractivity contribution is 0.102. The Morgan fingerprint density at radius 2 is 2.08 bits per heavy atom. The van der Waals surface area contributed by atoms with Crippen LogP contribution in [0.2, 0.25) is 0 Å². The highest BCUT2D eigenvalue weighted by Crippen LogP contribution is 2.24. The van der Waals surface area contributed by atoms with Crippen molar-refractivity contribution in [1.82, 2.24) is 19.5 Å². The van der Waals surface area contributed by atoms with Crippen LogP contribution in [-0.4, -0.2) is 25.4 Å². The van der Waals surface area contributed by atoms with Gasteiger partial charge in [0.25, 0.3) is 5.91 Å². The van der Waals surface area contributed by atoms with E-state index in [1.54, 1.807) is 17.5 Å². The smallest absolute Gasteiger partial charge is 0.274 e. The lowest BCUT2D eigenvalue weighted by Gasteiger charge is -2.09. The quantitative estimate of drug-likeness (QED) is 0.550. The Bertz CT molecular complexity index is 1130. The SMILES string of the molecule is Cc1nc(-c2ccc(C)c(NC(=O)c3cnc4ccc(Br)cn34)c2)no1. The molecule has 0 saturated heterocycles. The van der Waals surface area contributed by atoms with Gasteiger partial charge in [-0.3, -0.25) is 9.20 Å². The van der Waals surface area contributed by atoms with Gasteiger partial charge in [0, 0.05) is 28.8 Å². The van der Waals surface area contributed by atoms with Crippen LogP contribution in [0, 0.1) is 13.8 Å². The maximum Gasteiger partial charge on any atom is 0.274 e. The Morgan fingerprint density at radius 1 is 1.23 bits per heavy atom. The number of fused-ring (bicyclic) bond motifs is 1. The second-order valence-corrected chi connectivity index (χ2v) is 6.76. The average molecular weight is 412 g/mol. The van der Waals surface area contributed by atoms with Gasteiger partial charge in [-0.2, -0.15) is 4.98 Å². The highest BCUT2D eigenvalue weighted by Gasteiger charge is 2.15. The molecule has 1 amide bonds. The van der Waals surface area contributed by atoms with Crippen molar-refractivity contribution in [2.45, 2.75) is 13.8 Å². The summed E-state index contributed by atoms with van der Waals surface area (Å²) in [5.41, 5.74) is 3.52. The Kier molecular flexibility index (Phi) is 4.04. The maximum absolute atomic E-state index is 12.8. The number of nitrogens with zero attached hydrogens (tertiary/aromatic N) is 4. The predicted octanol–water partition coefficient (Wildman–Crippen LogP) is 4.02. The zero-order valence-electron chi connectivity index (χ0n) is 14.0. The van der Waals surface area contributed by atoms with Gasteiger partial charge in [0.2, 0.25) is 11.7 Å². The first kappa shape index (κ1) is 16.5. The molecule has 1 N–H and O–H groups in total. The molecule has 1 aromatic carbocycles. The first-order valence-electron chi connectivity index (χ1n) is 7.86. The molecule has 0 atom stereocenters. The number of carbonyl (C=O) groups is 1. The number of hydrogen-bond donors (Lipinski definition) is 1. The molecule has 0 saturated carbocycles. The summed E-state index contributed by atoms with van der Waals surface area (Å²) in [4.78, 5) is 21.3. The molecule has 3 aromatic heterocycles. The molecule has 0 radical (unpaired) electrons. The van der Waals surface area contributed by atoms with E-state index in [1.165, 1.54) is 0 Å². The number of halogens is 1. The van der Waals surface area contributed by atoms with Gasteiger partial charge in [0.1, 0.15) is 11.3 Å². The summed E-state index contributed by atoms with van der Waals surface area (Å²) in [6.07, 6.45) is 3.36. The monoisotopic (exact) mass is 411 g/mol. The van der Waals surface area contributed by atoms with E-state index in [9.17, 15) is 4.79 Å². The summed E-state index contributed by atoms with van der Waals surface area (Å²) in [6, 6.07) is 9.34. The molecule has 0 spiro atoms. The van der Waals surface area contributed by atoms with Crippen LogP contribution in [0.3, 0.4) is 0 Å². The van der Waals surface area contributed by atoms with E-state index in [0.717, 1.165) is 15.6 Å². The molecule has 4 aromatic rings. The van der Waals surface area contributed by atoms with Crippen LogP contribution in [0.4, 0.5) is 5.69 Å². The van der Waals surface area contributed by atoms with Crippen molar-refractivity contribution >= 4 is 33.2 Å². The van der Waals surface area contributed by atoms with Crippen LogP contribution in [0.15, 0.2) is 51.7 Å². The zero-order valence-corrected chi connectivity index (χ0v) is 15.6. The van der Waals surface area contributed by atoms with Gasteiger partial charge >= 0.3 is 0 Å². The molecule has 0 bridgehead atoms. The van der Waals surface area contributed by atoms with Gasteiger partial charge in [0.15, 0.2) is 0 Å². The standard InChI is InChI=1S/C18H14BrN5O2/c1-10-3-4-12(17-21-11(2)26-23-17)7-14(10)22-18(25)15-8-20-16-6-5-13(19)9-24(15)16/h3-9H,1-2H3,(H,22,25). The molecular weight excluding hydrogens is 398 g/mol. The van der Waals surface area contributed by atoms with Crippen LogP contribution in [0.1, 0.15) is 21.9 Å². The van der Waals surface area contributed by atoms with Crippen LogP contribution in [-0.2, 0) is 0 Å². The third kappa shape index (κ3) is 2.99. The molecular formula is C18H14BrN5O2. The van der Waals surface area contributed by atoms with Crippen molar-refractivity contribution in [2.75, 3.05) is 5.32 Å². The van der Waals surface area contributed by atoms with E-state index in [1.807, 2.05) is 43.5 Å². The number of benzene rings is 1. The minimum absolute atomic E-state index is 0.250. The van der Waals surface area contributed by atoms with Crippen molar-refractivity contribution in [3.8, 4) is 11.4 Å². The molecule has 3 heterocycles. The summed E-state index contributed by atoms with van der Waals surface area (Å²) in [5, 5.41) is 6.86. The lowest BCUT2D eigenvalue weighted by Crippen LogP contribution is -2.15. The number of rotatable bonds is 3. The van der Waals surface area contributed by atoms with Crippen LogP contribution >= 0.6 is 15.9 Å². The van der Waals surface area contributed by atoms with Gasteiger partial charge in [-0.05, 0) is 46.6 Å². The van der Waals surface area contributed by atoms with E-state index in [2.05, 4.69) is 36.4 Å². The number of hydrogen-bond acceptors (Lipinski definition) is 5. The fourth-order valence-electron chi connectivity index (χ4n) is 2.62. The highest BCUT2D eigenvalue weighted by atomic mass is 79.9. The third-order valence-corrected chi connectivity index (χ3v) is 4.44. The summed E-state index contributed by atoms with van der Waals surface area (Å²) < 4.78 is 7.62. The molecule has 7 nitrogen and oxygen atoms in total. The number of nitrogens with one attached hydrogen (secondary N) is 1. The Hall–Kier alpha value is -3.00. The van der Waals surface area contributed by atoms with E-state index >= 15 is 0 Å². The maximum atomic E-state index is 12.8. The van der Waals surface area contributed by atoms with Crippen molar-refractivity contribution < 1.29 is 9.32 Å². The minimum Gasteiger partial charge on any atom is -0.339 e. The van der Waals surface area contributed by atoms with Crippen molar-refractivity contribution in [1.29, 1.82) is 0 Å². The van der Waals surface area contributed by atoms with Crippen LogP contribution < -0.4 is 5.32 Å². The summed E-state index contributed by atoms with van der Waals surface area (Å²) in [5.74, 6) is 0.722. The van der Waals surface area contributed by atoms with E-state index in [-0.39, 0.29) is 5.91 Å². The van der Waals surface area contributed by atoms with Gasteiger partial charge in [-0.15, -0.1) is 0 Å². The summed E-state index contributed by atoms with van der Waals surface area (Å²) in [7, 11) is 0. The number of anilines is 1. The topological polar surface area (TPSA) is 85.3 Å². The molecule has 0 aliphatic carbocycles. The molecule has 8 heteroatoms. The number of amides is 1.